The molecule has 0 aliphatic heterocycles. The molecule has 0 aromatic carbocycles. The van der Waals surface area contributed by atoms with Crippen molar-refractivity contribution in [3.8, 4) is 11.4 Å². The predicted octanol–water partition coefficient (Wildman–Crippen LogP) is 3.59. The lowest BCUT2D eigenvalue weighted by atomic mass is 10.2. The van der Waals surface area contributed by atoms with Gasteiger partial charge in [-0.05, 0) is 43.1 Å². The number of carboxylic acid groups (broad SMARTS) is 1. The minimum atomic E-state index is -4.52. The molecule has 0 bridgehead atoms. The maximum absolute atomic E-state index is 12.8. The summed E-state index contributed by atoms with van der Waals surface area (Å²) >= 11 is 5.84. The normalized spacial score (nSPS) is 12.7. The smallest absolute Gasteiger partial charge is 0.433 e. The molecular formula is C19H18ClF3N6O2. The Balaban J connectivity index is 1.75. The van der Waals surface area contributed by atoms with E-state index in [-0.39, 0.29) is 35.9 Å². The number of carbonyl (C=O) groups is 1. The molecule has 1 unspecified atom stereocenters. The van der Waals surface area contributed by atoms with Gasteiger partial charge in [-0.15, -0.1) is 0 Å². The predicted molar refractivity (Wildman–Crippen MR) is 106 cm³/mol. The van der Waals surface area contributed by atoms with Gasteiger partial charge >= 0.3 is 12.1 Å². The quantitative estimate of drug-likeness (QED) is 0.525. The molecule has 0 radical (unpaired) electrons. The van der Waals surface area contributed by atoms with E-state index in [0.29, 0.717) is 17.0 Å². The molecule has 3 aromatic rings. The number of pyridine rings is 1. The molecule has 0 spiro atoms. The van der Waals surface area contributed by atoms with Crippen LogP contribution in [0.5, 0.6) is 0 Å². The number of imidazole rings is 1. The Morgan fingerprint density at radius 1 is 1.29 bits per heavy atom. The Labute approximate surface area is 180 Å². The molecule has 3 aromatic heterocycles. The summed E-state index contributed by atoms with van der Waals surface area (Å²) in [6, 6.07) is 3.37. The van der Waals surface area contributed by atoms with Crippen LogP contribution in [0.15, 0.2) is 30.6 Å². The van der Waals surface area contributed by atoms with Gasteiger partial charge in [0.25, 0.3) is 0 Å². The Kier molecular flexibility index (Phi) is 6.56. The summed E-state index contributed by atoms with van der Waals surface area (Å²) in [5.74, 6) is -1.43. The summed E-state index contributed by atoms with van der Waals surface area (Å²) in [5.41, 5.74) is 0.664. The van der Waals surface area contributed by atoms with E-state index < -0.39 is 17.8 Å². The van der Waals surface area contributed by atoms with Crippen LogP contribution < -0.4 is 5.32 Å². The number of alkyl halides is 3. The van der Waals surface area contributed by atoms with Crippen molar-refractivity contribution >= 4 is 17.6 Å². The van der Waals surface area contributed by atoms with Crippen molar-refractivity contribution in [3.05, 3.63) is 58.7 Å². The molecule has 0 saturated heterocycles. The van der Waals surface area contributed by atoms with Gasteiger partial charge in [-0.25, -0.2) is 24.7 Å². The number of hydrogen-bond acceptors (Lipinski definition) is 6. The first kappa shape index (κ1) is 22.6. The van der Waals surface area contributed by atoms with Crippen molar-refractivity contribution in [2.75, 3.05) is 0 Å². The van der Waals surface area contributed by atoms with Crippen molar-refractivity contribution < 1.29 is 23.1 Å². The van der Waals surface area contributed by atoms with Crippen LogP contribution in [-0.4, -0.2) is 41.6 Å². The number of aryl methyl sites for hydroxylation is 1. The maximum Gasteiger partial charge on any atom is 0.433 e. The van der Waals surface area contributed by atoms with Gasteiger partial charge in [-0.1, -0.05) is 6.07 Å². The third kappa shape index (κ3) is 5.56. The minimum Gasteiger partial charge on any atom is -0.475 e. The zero-order chi connectivity index (χ0) is 22.8. The molecule has 3 heterocycles. The van der Waals surface area contributed by atoms with E-state index in [0.717, 1.165) is 6.07 Å². The third-order valence-electron chi connectivity index (χ3n) is 4.35. The fourth-order valence-electron chi connectivity index (χ4n) is 2.89. The Morgan fingerprint density at radius 2 is 2.03 bits per heavy atom. The first-order chi connectivity index (χ1) is 14.5. The topological polar surface area (TPSA) is 106 Å². The lowest BCUT2D eigenvalue weighted by molar-refractivity contribution is -0.141. The highest BCUT2D eigenvalue weighted by Crippen LogP contribution is 2.27. The first-order valence-corrected chi connectivity index (χ1v) is 9.49. The van der Waals surface area contributed by atoms with E-state index in [1.165, 1.54) is 29.1 Å². The second-order valence-electron chi connectivity index (χ2n) is 6.87. The summed E-state index contributed by atoms with van der Waals surface area (Å²) in [7, 11) is 0. The minimum absolute atomic E-state index is 0.00986. The monoisotopic (exact) mass is 454 g/mol. The molecule has 0 fully saturated rings. The Morgan fingerprint density at radius 3 is 2.71 bits per heavy atom. The fraction of sp³-hybridized carbons (Fsp3) is 0.316. The molecular weight excluding hydrogens is 437 g/mol. The molecule has 0 amide bonds. The number of nitrogens with zero attached hydrogens (tertiary/aromatic N) is 5. The summed E-state index contributed by atoms with van der Waals surface area (Å²) < 4.78 is 39.8. The maximum atomic E-state index is 12.8. The van der Waals surface area contributed by atoms with Crippen LogP contribution in [-0.2, 0) is 19.3 Å². The number of carboxylic acids is 1. The zero-order valence-electron chi connectivity index (χ0n) is 16.5. The molecule has 12 heteroatoms. The van der Waals surface area contributed by atoms with Gasteiger partial charge in [-0.3, -0.25) is 0 Å². The van der Waals surface area contributed by atoms with Gasteiger partial charge in [0, 0.05) is 31.5 Å². The average Bonchev–Trinajstić information content (AvgIpc) is 3.11. The molecule has 8 nitrogen and oxygen atoms in total. The molecule has 0 saturated carbocycles. The van der Waals surface area contributed by atoms with Gasteiger partial charge in [0.15, 0.2) is 0 Å². The lowest BCUT2D eigenvalue weighted by Gasteiger charge is -2.15. The van der Waals surface area contributed by atoms with Crippen molar-refractivity contribution in [1.82, 2.24) is 29.8 Å². The number of halogens is 4. The average molecular weight is 455 g/mol. The summed E-state index contributed by atoms with van der Waals surface area (Å²) in [4.78, 5) is 27.4. The van der Waals surface area contributed by atoms with E-state index >= 15 is 0 Å². The first-order valence-electron chi connectivity index (χ1n) is 9.11. The molecule has 31 heavy (non-hydrogen) atoms. The van der Waals surface area contributed by atoms with Crippen molar-refractivity contribution in [1.29, 1.82) is 0 Å². The fourth-order valence-corrected chi connectivity index (χ4v) is 3.03. The second kappa shape index (κ2) is 8.98. The SMILES string of the molecule is Cc1cnc(Cl)nc1-c1cn(CC(C)NCc2cccc(C(F)(F)F)n2)c(C(=O)O)n1. The zero-order valence-corrected chi connectivity index (χ0v) is 17.2. The van der Waals surface area contributed by atoms with E-state index in [1.807, 2.05) is 0 Å². The van der Waals surface area contributed by atoms with Gasteiger partial charge < -0.3 is 15.0 Å². The van der Waals surface area contributed by atoms with Crippen LogP contribution in [0.1, 0.15) is 34.5 Å². The van der Waals surface area contributed by atoms with Crippen LogP contribution in [0, 0.1) is 6.92 Å². The number of nitrogens with one attached hydrogen (secondary N) is 1. The van der Waals surface area contributed by atoms with Crippen molar-refractivity contribution in [2.24, 2.45) is 0 Å². The molecule has 2 N–H and O–H groups in total. The highest BCUT2D eigenvalue weighted by molar-refractivity contribution is 6.28. The van der Waals surface area contributed by atoms with E-state index in [2.05, 4.69) is 25.3 Å². The van der Waals surface area contributed by atoms with Crippen molar-refractivity contribution in [2.45, 2.75) is 39.2 Å². The molecule has 1 atom stereocenters. The summed E-state index contributed by atoms with van der Waals surface area (Å²) in [5, 5.41) is 12.6. The molecule has 0 aliphatic carbocycles. The molecule has 0 aliphatic rings. The van der Waals surface area contributed by atoms with Crippen LogP contribution >= 0.6 is 11.6 Å². The van der Waals surface area contributed by atoms with Gasteiger partial charge in [0.2, 0.25) is 11.1 Å². The van der Waals surface area contributed by atoms with E-state index in [1.54, 1.807) is 13.8 Å². The van der Waals surface area contributed by atoms with Crippen LogP contribution in [0.25, 0.3) is 11.4 Å². The standard InChI is InChI=1S/C19H18ClF3N6O2/c1-10-6-25-18(20)28-15(10)13-9-29(16(27-13)17(30)31)8-11(2)24-7-12-4-3-5-14(26-12)19(21,22)23/h3-6,9,11,24H,7-8H2,1-2H3,(H,30,31). The van der Waals surface area contributed by atoms with Gasteiger partial charge in [0.1, 0.15) is 11.4 Å². The lowest BCUT2D eigenvalue weighted by Crippen LogP contribution is -2.31. The van der Waals surface area contributed by atoms with E-state index in [4.69, 9.17) is 11.6 Å². The summed E-state index contributed by atoms with van der Waals surface area (Å²) in [6.45, 7) is 3.80. The van der Waals surface area contributed by atoms with Crippen LogP contribution in [0.4, 0.5) is 13.2 Å². The second-order valence-corrected chi connectivity index (χ2v) is 7.21. The van der Waals surface area contributed by atoms with Crippen LogP contribution in [0.2, 0.25) is 5.28 Å². The Hall–Kier alpha value is -3.05. The van der Waals surface area contributed by atoms with Crippen molar-refractivity contribution in [3.63, 3.8) is 0 Å². The Bertz CT molecular complexity index is 1100. The molecule has 164 valence electrons. The third-order valence-corrected chi connectivity index (χ3v) is 4.53. The number of hydrogen-bond donors (Lipinski definition) is 2. The van der Waals surface area contributed by atoms with E-state index in [9.17, 15) is 23.1 Å². The number of aromatic nitrogens is 5. The molecule has 3 rings (SSSR count). The van der Waals surface area contributed by atoms with Gasteiger partial charge in [0.05, 0.1) is 11.4 Å². The highest BCUT2D eigenvalue weighted by Gasteiger charge is 2.32. The highest BCUT2D eigenvalue weighted by atomic mass is 35.5. The van der Waals surface area contributed by atoms with Gasteiger partial charge in [-0.2, -0.15) is 13.2 Å². The summed E-state index contributed by atoms with van der Waals surface area (Å²) in [6.07, 6.45) is -1.47. The van der Waals surface area contributed by atoms with Crippen LogP contribution in [0.3, 0.4) is 0 Å². The number of rotatable bonds is 7. The number of aromatic carboxylic acids is 1. The largest absolute Gasteiger partial charge is 0.475 e.